The lowest BCUT2D eigenvalue weighted by molar-refractivity contribution is 0.389. The van der Waals surface area contributed by atoms with Gasteiger partial charge in [-0.2, -0.15) is 0 Å². The fraction of sp³-hybridized carbons (Fsp3) is 0.308. The van der Waals surface area contributed by atoms with Gasteiger partial charge in [-0.3, -0.25) is 0 Å². The number of aromatic nitrogens is 4. The van der Waals surface area contributed by atoms with Gasteiger partial charge >= 0.3 is 0 Å². The molecule has 0 spiro atoms. The molecule has 6 heteroatoms. The summed E-state index contributed by atoms with van der Waals surface area (Å²) in [5.41, 5.74) is 2.59. The fourth-order valence-electron chi connectivity index (χ4n) is 2.10. The molecule has 3 heterocycles. The summed E-state index contributed by atoms with van der Waals surface area (Å²) in [7, 11) is 0. The molecule has 0 bridgehead atoms. The highest BCUT2D eigenvalue weighted by atomic mass is 35.5. The van der Waals surface area contributed by atoms with Crippen LogP contribution in [-0.2, 0) is 13.0 Å². The molecule has 0 aliphatic rings. The van der Waals surface area contributed by atoms with E-state index in [1.807, 2.05) is 29.7 Å². The summed E-state index contributed by atoms with van der Waals surface area (Å²) in [5.74, 6) is 2.25. The third kappa shape index (κ3) is 2.33. The van der Waals surface area contributed by atoms with Crippen LogP contribution in [0.3, 0.4) is 0 Å². The van der Waals surface area contributed by atoms with Crippen molar-refractivity contribution in [3.63, 3.8) is 0 Å². The van der Waals surface area contributed by atoms with Crippen molar-refractivity contribution in [3.8, 4) is 0 Å². The molecule has 3 rings (SSSR count). The number of fused-ring (bicyclic) bond motifs is 1. The summed E-state index contributed by atoms with van der Waals surface area (Å²) in [6, 6.07) is 5.74. The number of hydrogen-bond donors (Lipinski definition) is 0. The molecule has 0 fully saturated rings. The fourth-order valence-corrected chi connectivity index (χ4v) is 2.27. The zero-order valence-corrected chi connectivity index (χ0v) is 11.3. The zero-order valence-electron chi connectivity index (χ0n) is 10.5. The highest BCUT2D eigenvalue weighted by Gasteiger charge is 2.13. The first-order valence-electron chi connectivity index (χ1n) is 6.06. The molecule has 0 radical (unpaired) electrons. The second-order valence-electron chi connectivity index (χ2n) is 4.33. The van der Waals surface area contributed by atoms with Gasteiger partial charge in [0.15, 0.2) is 5.65 Å². The van der Waals surface area contributed by atoms with Crippen molar-refractivity contribution in [2.24, 2.45) is 0 Å². The lowest BCUT2D eigenvalue weighted by Crippen LogP contribution is -2.06. The van der Waals surface area contributed by atoms with Gasteiger partial charge in [-0.25, -0.2) is 9.97 Å². The van der Waals surface area contributed by atoms with Gasteiger partial charge in [-0.15, -0.1) is 11.6 Å². The maximum atomic E-state index is 5.83. The van der Waals surface area contributed by atoms with E-state index in [1.165, 1.54) is 0 Å². The van der Waals surface area contributed by atoms with Crippen molar-refractivity contribution in [2.75, 3.05) is 5.88 Å². The summed E-state index contributed by atoms with van der Waals surface area (Å²) in [5, 5.41) is 4.01. The van der Waals surface area contributed by atoms with Crippen LogP contribution in [0.15, 0.2) is 28.9 Å². The maximum absolute atomic E-state index is 5.83. The molecular formula is C13H13ClN4O. The van der Waals surface area contributed by atoms with Gasteiger partial charge in [-0.1, -0.05) is 5.16 Å². The first-order valence-corrected chi connectivity index (χ1v) is 6.59. The second-order valence-corrected chi connectivity index (χ2v) is 4.71. The van der Waals surface area contributed by atoms with Crippen molar-refractivity contribution in [3.05, 3.63) is 41.7 Å². The molecule has 0 aliphatic heterocycles. The molecule has 3 aromatic rings. The quantitative estimate of drug-likeness (QED) is 0.687. The summed E-state index contributed by atoms with van der Waals surface area (Å²) in [6.07, 6.45) is 2.47. The summed E-state index contributed by atoms with van der Waals surface area (Å²) in [4.78, 5) is 8.95. The Morgan fingerprint density at radius 2 is 2.32 bits per heavy atom. The smallest absolute Gasteiger partial charge is 0.160 e. The Hall–Kier alpha value is -1.88. The van der Waals surface area contributed by atoms with Crippen molar-refractivity contribution in [1.29, 1.82) is 0 Å². The average molecular weight is 277 g/mol. The van der Waals surface area contributed by atoms with Gasteiger partial charge in [0.25, 0.3) is 0 Å². The molecule has 0 aromatic carbocycles. The summed E-state index contributed by atoms with van der Waals surface area (Å²) >= 11 is 5.83. The molecule has 0 amide bonds. The predicted octanol–water partition coefficient (Wildman–Crippen LogP) is 2.56. The molecule has 0 saturated carbocycles. The Morgan fingerprint density at radius 1 is 1.42 bits per heavy atom. The van der Waals surface area contributed by atoms with Crippen LogP contribution in [0.5, 0.6) is 0 Å². The lowest BCUT2D eigenvalue weighted by Gasteiger charge is -2.04. The minimum Gasteiger partial charge on any atom is -0.361 e. The van der Waals surface area contributed by atoms with Crippen LogP contribution in [0.4, 0.5) is 0 Å². The third-order valence-corrected chi connectivity index (χ3v) is 3.09. The van der Waals surface area contributed by atoms with E-state index in [-0.39, 0.29) is 0 Å². The molecular weight excluding hydrogens is 264 g/mol. The largest absolute Gasteiger partial charge is 0.361 e. The average Bonchev–Trinajstić information content (AvgIpc) is 2.96. The maximum Gasteiger partial charge on any atom is 0.160 e. The normalized spacial score (nSPS) is 11.3. The molecule has 98 valence electrons. The monoisotopic (exact) mass is 276 g/mol. The van der Waals surface area contributed by atoms with Crippen LogP contribution >= 0.6 is 11.6 Å². The van der Waals surface area contributed by atoms with E-state index in [0.29, 0.717) is 18.8 Å². The topological polar surface area (TPSA) is 56.7 Å². The SMILES string of the molecule is Cc1cc(Cn2c(CCCl)nc3cccnc32)no1. The van der Waals surface area contributed by atoms with Gasteiger partial charge in [0.05, 0.1) is 6.54 Å². The van der Waals surface area contributed by atoms with Crippen LogP contribution < -0.4 is 0 Å². The van der Waals surface area contributed by atoms with Crippen LogP contribution in [0.2, 0.25) is 0 Å². The molecule has 0 saturated heterocycles. The van der Waals surface area contributed by atoms with Crippen molar-refractivity contribution in [1.82, 2.24) is 19.7 Å². The molecule has 0 unspecified atom stereocenters. The number of imidazole rings is 1. The van der Waals surface area contributed by atoms with Gasteiger partial charge in [-0.05, 0) is 19.1 Å². The number of pyridine rings is 1. The van der Waals surface area contributed by atoms with Gasteiger partial charge in [0, 0.05) is 24.6 Å². The zero-order chi connectivity index (χ0) is 13.2. The summed E-state index contributed by atoms with van der Waals surface area (Å²) in [6.45, 7) is 2.47. The number of hydrogen-bond acceptors (Lipinski definition) is 4. The van der Waals surface area contributed by atoms with Crippen LogP contribution in [-0.4, -0.2) is 25.6 Å². The van der Waals surface area contributed by atoms with Gasteiger partial charge in [0.1, 0.15) is 22.8 Å². The van der Waals surface area contributed by atoms with E-state index >= 15 is 0 Å². The molecule has 5 nitrogen and oxygen atoms in total. The Morgan fingerprint density at radius 3 is 3.05 bits per heavy atom. The molecule has 3 aromatic heterocycles. The van der Waals surface area contributed by atoms with Crippen molar-refractivity contribution >= 4 is 22.8 Å². The Balaban J connectivity index is 2.06. The number of alkyl halides is 1. The number of nitrogens with zero attached hydrogens (tertiary/aromatic N) is 4. The lowest BCUT2D eigenvalue weighted by atomic mass is 10.3. The number of aryl methyl sites for hydroxylation is 2. The standard InChI is InChI=1S/C13H13ClN4O/c1-9-7-10(17-19-9)8-18-12(4-5-14)16-11-3-2-6-15-13(11)18/h2-3,6-7H,4-5,8H2,1H3. The Labute approximate surface area is 115 Å². The summed E-state index contributed by atoms with van der Waals surface area (Å²) < 4.78 is 7.13. The van der Waals surface area contributed by atoms with E-state index in [4.69, 9.17) is 16.1 Å². The van der Waals surface area contributed by atoms with Crippen LogP contribution in [0, 0.1) is 6.92 Å². The van der Waals surface area contributed by atoms with Crippen molar-refractivity contribution < 1.29 is 4.52 Å². The minimum absolute atomic E-state index is 0.529. The molecule has 0 N–H and O–H groups in total. The number of halogens is 1. The van der Waals surface area contributed by atoms with E-state index in [0.717, 1.165) is 28.4 Å². The van der Waals surface area contributed by atoms with Crippen LogP contribution in [0.1, 0.15) is 17.3 Å². The second kappa shape index (κ2) is 5.01. The number of rotatable bonds is 4. The van der Waals surface area contributed by atoms with Crippen LogP contribution in [0.25, 0.3) is 11.2 Å². The van der Waals surface area contributed by atoms with E-state index < -0.39 is 0 Å². The van der Waals surface area contributed by atoms with Crippen molar-refractivity contribution in [2.45, 2.75) is 19.9 Å². The van der Waals surface area contributed by atoms with Gasteiger partial charge in [0.2, 0.25) is 0 Å². The van der Waals surface area contributed by atoms with E-state index in [1.54, 1.807) is 6.20 Å². The molecule has 0 atom stereocenters. The molecule has 0 aliphatic carbocycles. The van der Waals surface area contributed by atoms with E-state index in [9.17, 15) is 0 Å². The van der Waals surface area contributed by atoms with E-state index in [2.05, 4.69) is 15.1 Å². The predicted molar refractivity (Wildman–Crippen MR) is 72.3 cm³/mol. The first kappa shape index (κ1) is 12.2. The highest BCUT2D eigenvalue weighted by Crippen LogP contribution is 2.16. The Kier molecular flexibility index (Phi) is 3.21. The molecule has 19 heavy (non-hydrogen) atoms. The minimum atomic E-state index is 0.529. The van der Waals surface area contributed by atoms with Gasteiger partial charge < -0.3 is 9.09 Å². The third-order valence-electron chi connectivity index (χ3n) is 2.90. The Bertz CT molecular complexity index is 704. The highest BCUT2D eigenvalue weighted by molar-refractivity contribution is 6.17. The first-order chi connectivity index (χ1) is 9.28.